The zero-order chi connectivity index (χ0) is 11.1. The van der Waals surface area contributed by atoms with Crippen LogP contribution in [0.1, 0.15) is 12.0 Å². The van der Waals surface area contributed by atoms with Crippen molar-refractivity contribution in [3.8, 4) is 23.3 Å². The minimum Gasteiger partial charge on any atom is -0.493 e. The number of methoxy groups -OCH3 is 2. The molecule has 1 aromatic carbocycles. The first-order chi connectivity index (χ1) is 7.31. The van der Waals surface area contributed by atoms with Crippen molar-refractivity contribution in [2.24, 2.45) is 0 Å². The minimum absolute atomic E-state index is 0.244. The molecule has 0 fully saturated rings. The van der Waals surface area contributed by atoms with Crippen LogP contribution in [-0.2, 0) is 4.79 Å². The van der Waals surface area contributed by atoms with Gasteiger partial charge in [0.2, 0.25) is 0 Å². The van der Waals surface area contributed by atoms with Crippen LogP contribution in [0.4, 0.5) is 0 Å². The van der Waals surface area contributed by atoms with Gasteiger partial charge in [-0.05, 0) is 18.2 Å². The Morgan fingerprint density at radius 3 is 2.60 bits per heavy atom. The Morgan fingerprint density at radius 1 is 1.27 bits per heavy atom. The summed E-state index contributed by atoms with van der Waals surface area (Å²) in [5.41, 5.74) is 0.800. The molecule has 0 spiro atoms. The lowest BCUT2D eigenvalue weighted by molar-refractivity contribution is -0.107. The summed E-state index contributed by atoms with van der Waals surface area (Å²) in [6.07, 6.45) is 1.02. The Kier molecular flexibility index (Phi) is 4.24. The Morgan fingerprint density at radius 2 is 2.00 bits per heavy atom. The highest BCUT2D eigenvalue weighted by Crippen LogP contribution is 2.26. The van der Waals surface area contributed by atoms with E-state index in [9.17, 15) is 4.79 Å². The highest BCUT2D eigenvalue weighted by Gasteiger charge is 2.02. The van der Waals surface area contributed by atoms with Crippen LogP contribution in [-0.4, -0.2) is 20.5 Å². The molecule has 0 aliphatic heterocycles. The molecule has 0 aliphatic carbocycles. The van der Waals surface area contributed by atoms with E-state index in [0.717, 1.165) is 11.8 Å². The van der Waals surface area contributed by atoms with Gasteiger partial charge in [0.15, 0.2) is 11.5 Å². The molecule has 0 bridgehead atoms. The van der Waals surface area contributed by atoms with Gasteiger partial charge in [0.05, 0.1) is 20.6 Å². The number of rotatable bonds is 3. The molecule has 0 saturated carbocycles. The maximum Gasteiger partial charge on any atom is 0.161 e. The van der Waals surface area contributed by atoms with Crippen LogP contribution in [0, 0.1) is 11.8 Å². The second-order valence-corrected chi connectivity index (χ2v) is 2.74. The molecule has 0 amide bonds. The lowest BCUT2D eigenvalue weighted by Crippen LogP contribution is -1.90. The summed E-state index contributed by atoms with van der Waals surface area (Å²) in [4.78, 5) is 10.1. The van der Waals surface area contributed by atoms with Crippen LogP contribution in [0.15, 0.2) is 18.2 Å². The normalized spacial score (nSPS) is 8.67. The predicted octanol–water partition coefficient (Wildman–Crippen LogP) is 1.64. The second-order valence-electron chi connectivity index (χ2n) is 2.74. The Bertz CT molecular complexity index is 399. The summed E-state index contributed by atoms with van der Waals surface area (Å²) >= 11 is 0. The molecule has 0 radical (unpaired) electrons. The average Bonchev–Trinajstić information content (AvgIpc) is 2.29. The van der Waals surface area contributed by atoms with E-state index in [1.54, 1.807) is 26.4 Å². The van der Waals surface area contributed by atoms with E-state index in [2.05, 4.69) is 11.8 Å². The quantitative estimate of drug-likeness (QED) is 0.554. The fraction of sp³-hybridized carbons (Fsp3) is 0.250. The van der Waals surface area contributed by atoms with Crippen molar-refractivity contribution in [1.29, 1.82) is 0 Å². The van der Waals surface area contributed by atoms with Gasteiger partial charge in [-0.25, -0.2) is 0 Å². The molecule has 0 heterocycles. The van der Waals surface area contributed by atoms with Gasteiger partial charge in [-0.2, -0.15) is 0 Å². The van der Waals surface area contributed by atoms with Crippen LogP contribution in [0.3, 0.4) is 0 Å². The number of carbonyl (C=O) groups excluding carboxylic acids is 1. The van der Waals surface area contributed by atoms with Crippen molar-refractivity contribution in [2.45, 2.75) is 6.42 Å². The third-order valence-corrected chi connectivity index (χ3v) is 1.80. The molecular weight excluding hydrogens is 192 g/mol. The van der Waals surface area contributed by atoms with Crippen LogP contribution < -0.4 is 9.47 Å². The van der Waals surface area contributed by atoms with Crippen LogP contribution in [0.25, 0.3) is 0 Å². The van der Waals surface area contributed by atoms with E-state index in [-0.39, 0.29) is 6.42 Å². The Balaban J connectivity index is 2.94. The van der Waals surface area contributed by atoms with Crippen molar-refractivity contribution < 1.29 is 14.3 Å². The van der Waals surface area contributed by atoms with Gasteiger partial charge in [0, 0.05) is 5.56 Å². The topological polar surface area (TPSA) is 35.5 Å². The Hall–Kier alpha value is -1.95. The third-order valence-electron chi connectivity index (χ3n) is 1.80. The molecule has 1 aromatic rings. The largest absolute Gasteiger partial charge is 0.493 e. The van der Waals surface area contributed by atoms with Crippen LogP contribution in [0.5, 0.6) is 11.5 Å². The highest BCUT2D eigenvalue weighted by molar-refractivity contribution is 5.55. The minimum atomic E-state index is 0.244. The number of aldehydes is 1. The lowest BCUT2D eigenvalue weighted by Gasteiger charge is -2.06. The molecule has 1 rings (SSSR count). The Labute approximate surface area is 89.0 Å². The molecule has 0 atom stereocenters. The highest BCUT2D eigenvalue weighted by atomic mass is 16.5. The summed E-state index contributed by atoms with van der Waals surface area (Å²) in [5, 5.41) is 0. The van der Waals surface area contributed by atoms with Gasteiger partial charge in [0.25, 0.3) is 0 Å². The molecule has 3 nitrogen and oxygen atoms in total. The standard InChI is InChI=1S/C12H12O3/c1-14-11-7-6-10(5-3-4-8-13)9-12(11)15-2/h6-9H,4H2,1-2H3. The van der Waals surface area contributed by atoms with Gasteiger partial charge in [0.1, 0.15) is 6.29 Å². The van der Waals surface area contributed by atoms with Crippen molar-refractivity contribution in [3.63, 3.8) is 0 Å². The second kappa shape index (κ2) is 5.71. The molecule has 0 N–H and O–H groups in total. The van der Waals surface area contributed by atoms with Gasteiger partial charge < -0.3 is 14.3 Å². The number of hydrogen-bond donors (Lipinski definition) is 0. The first kappa shape index (κ1) is 11.1. The monoisotopic (exact) mass is 204 g/mol. The number of hydrogen-bond acceptors (Lipinski definition) is 3. The summed E-state index contributed by atoms with van der Waals surface area (Å²) in [7, 11) is 3.15. The maximum absolute atomic E-state index is 10.1. The predicted molar refractivity (Wildman–Crippen MR) is 57.1 cm³/mol. The molecular formula is C12H12O3. The fourth-order valence-corrected chi connectivity index (χ4v) is 1.11. The summed E-state index contributed by atoms with van der Waals surface area (Å²) < 4.78 is 10.2. The van der Waals surface area contributed by atoms with Crippen LogP contribution in [0.2, 0.25) is 0 Å². The average molecular weight is 204 g/mol. The smallest absolute Gasteiger partial charge is 0.161 e. The molecule has 15 heavy (non-hydrogen) atoms. The van der Waals surface area contributed by atoms with Gasteiger partial charge in [-0.3, -0.25) is 0 Å². The maximum atomic E-state index is 10.1. The summed E-state index contributed by atoms with van der Waals surface area (Å²) in [6, 6.07) is 5.37. The van der Waals surface area contributed by atoms with E-state index < -0.39 is 0 Å². The zero-order valence-corrected chi connectivity index (χ0v) is 8.74. The first-order valence-corrected chi connectivity index (χ1v) is 4.46. The van der Waals surface area contributed by atoms with E-state index in [4.69, 9.17) is 9.47 Å². The third kappa shape index (κ3) is 3.03. The van der Waals surface area contributed by atoms with E-state index in [0.29, 0.717) is 11.5 Å². The lowest BCUT2D eigenvalue weighted by atomic mass is 10.2. The van der Waals surface area contributed by atoms with Crippen molar-refractivity contribution in [1.82, 2.24) is 0 Å². The van der Waals surface area contributed by atoms with Gasteiger partial charge in [-0.15, -0.1) is 0 Å². The molecule has 78 valence electrons. The van der Waals surface area contributed by atoms with Crippen molar-refractivity contribution in [3.05, 3.63) is 23.8 Å². The van der Waals surface area contributed by atoms with Crippen LogP contribution >= 0.6 is 0 Å². The summed E-state index contributed by atoms with van der Waals surface area (Å²) in [5.74, 6) is 6.88. The van der Waals surface area contributed by atoms with Gasteiger partial charge >= 0.3 is 0 Å². The van der Waals surface area contributed by atoms with E-state index in [1.807, 2.05) is 6.07 Å². The number of ether oxygens (including phenoxy) is 2. The summed E-state index contributed by atoms with van der Waals surface area (Å²) in [6.45, 7) is 0. The van der Waals surface area contributed by atoms with Crippen molar-refractivity contribution >= 4 is 6.29 Å². The SMILES string of the molecule is COc1ccc(C#CCC=O)cc1OC. The van der Waals surface area contributed by atoms with Gasteiger partial charge in [-0.1, -0.05) is 11.8 Å². The molecule has 0 saturated heterocycles. The van der Waals surface area contributed by atoms with Crippen molar-refractivity contribution in [2.75, 3.05) is 14.2 Å². The number of carbonyl (C=O) groups is 1. The number of benzene rings is 1. The van der Waals surface area contributed by atoms with E-state index in [1.165, 1.54) is 0 Å². The molecule has 0 aliphatic rings. The fourth-order valence-electron chi connectivity index (χ4n) is 1.11. The molecule has 3 heteroatoms. The first-order valence-electron chi connectivity index (χ1n) is 4.46. The molecule has 0 unspecified atom stereocenters. The molecule has 0 aromatic heterocycles. The zero-order valence-electron chi connectivity index (χ0n) is 8.74. The van der Waals surface area contributed by atoms with E-state index >= 15 is 0 Å².